The van der Waals surface area contributed by atoms with Gasteiger partial charge in [-0.05, 0) is 5.41 Å². The summed E-state index contributed by atoms with van der Waals surface area (Å²) in [6.45, 7) is 6.97. The summed E-state index contributed by atoms with van der Waals surface area (Å²) in [7, 11) is 1.67. The highest BCUT2D eigenvalue weighted by molar-refractivity contribution is 4.75. The lowest BCUT2D eigenvalue weighted by Gasteiger charge is -2.25. The first-order chi connectivity index (χ1) is 3.98. The molecule has 0 aromatic carbocycles. The Morgan fingerprint density at radius 3 is 2.00 bits per heavy atom. The molecule has 0 saturated carbocycles. The van der Waals surface area contributed by atoms with E-state index in [2.05, 4.69) is 20.8 Å². The Morgan fingerprint density at radius 2 is 1.89 bits per heavy atom. The van der Waals surface area contributed by atoms with Crippen LogP contribution in [-0.2, 0) is 4.74 Å². The molecule has 0 aromatic heterocycles. The van der Waals surface area contributed by atoms with E-state index in [-0.39, 0.29) is 11.5 Å². The molecule has 9 heavy (non-hydrogen) atoms. The highest BCUT2D eigenvalue weighted by atomic mass is 16.5. The molecule has 0 aliphatic heterocycles. The zero-order chi connectivity index (χ0) is 7.49. The molecule has 0 unspecified atom stereocenters. The predicted molar refractivity (Wildman–Crippen MR) is 39.3 cm³/mol. The number of hydrogen-bond acceptors (Lipinski definition) is 2. The van der Waals surface area contributed by atoms with Crippen molar-refractivity contribution in [1.82, 2.24) is 0 Å². The summed E-state index contributed by atoms with van der Waals surface area (Å²) in [5, 5.41) is 0. The van der Waals surface area contributed by atoms with Crippen molar-refractivity contribution in [3.63, 3.8) is 0 Å². The third-order valence-corrected chi connectivity index (χ3v) is 1.46. The Bertz CT molecular complexity index is 75.5. The Labute approximate surface area is 57.4 Å². The third kappa shape index (κ3) is 3.49. The average Bonchev–Trinajstić information content (AvgIpc) is 1.64. The summed E-state index contributed by atoms with van der Waals surface area (Å²) < 4.78 is 4.91. The van der Waals surface area contributed by atoms with Crippen LogP contribution in [0.5, 0.6) is 0 Å². The van der Waals surface area contributed by atoms with E-state index in [1.54, 1.807) is 7.11 Å². The van der Waals surface area contributed by atoms with Gasteiger partial charge in [-0.15, -0.1) is 0 Å². The first kappa shape index (κ1) is 8.92. The minimum absolute atomic E-state index is 0.141. The van der Waals surface area contributed by atoms with Gasteiger partial charge in [-0.25, -0.2) is 0 Å². The molecule has 0 heterocycles. The molecule has 0 fully saturated rings. The van der Waals surface area contributed by atoms with Gasteiger partial charge in [0.05, 0.1) is 6.61 Å². The summed E-state index contributed by atoms with van der Waals surface area (Å²) >= 11 is 0. The lowest BCUT2D eigenvalue weighted by atomic mass is 9.88. The van der Waals surface area contributed by atoms with Crippen LogP contribution < -0.4 is 5.73 Å². The molecule has 0 aliphatic carbocycles. The standard InChI is InChI=1S/C7H17NO/c1-7(2,3)6(8)5-9-4/h6H,5,8H2,1-4H3/t6-/m0/s1. The highest BCUT2D eigenvalue weighted by Gasteiger charge is 2.19. The Kier molecular flexibility index (Phi) is 3.15. The van der Waals surface area contributed by atoms with Crippen molar-refractivity contribution in [2.24, 2.45) is 11.1 Å². The monoisotopic (exact) mass is 131 g/mol. The average molecular weight is 131 g/mol. The summed E-state index contributed by atoms with van der Waals surface area (Å²) in [5.41, 5.74) is 5.90. The number of methoxy groups -OCH3 is 1. The van der Waals surface area contributed by atoms with E-state index in [9.17, 15) is 0 Å². The van der Waals surface area contributed by atoms with Crippen molar-refractivity contribution >= 4 is 0 Å². The molecule has 2 N–H and O–H groups in total. The minimum Gasteiger partial charge on any atom is -0.383 e. The number of ether oxygens (including phenoxy) is 1. The van der Waals surface area contributed by atoms with Crippen molar-refractivity contribution < 1.29 is 4.74 Å². The van der Waals surface area contributed by atoms with Gasteiger partial charge in [0.2, 0.25) is 0 Å². The molecule has 0 aromatic rings. The lowest BCUT2D eigenvalue weighted by Crippen LogP contribution is -2.38. The van der Waals surface area contributed by atoms with Gasteiger partial charge < -0.3 is 10.5 Å². The van der Waals surface area contributed by atoms with E-state index in [0.717, 1.165) is 0 Å². The van der Waals surface area contributed by atoms with Crippen LogP contribution in [0.1, 0.15) is 20.8 Å². The van der Waals surface area contributed by atoms with Gasteiger partial charge >= 0.3 is 0 Å². The number of rotatable bonds is 2. The smallest absolute Gasteiger partial charge is 0.0618 e. The van der Waals surface area contributed by atoms with Crippen LogP contribution in [-0.4, -0.2) is 19.8 Å². The van der Waals surface area contributed by atoms with Crippen molar-refractivity contribution in [2.75, 3.05) is 13.7 Å². The molecule has 2 heteroatoms. The van der Waals surface area contributed by atoms with Crippen molar-refractivity contribution in [3.05, 3.63) is 0 Å². The van der Waals surface area contributed by atoms with Crippen LogP contribution >= 0.6 is 0 Å². The maximum absolute atomic E-state index is 5.74. The van der Waals surface area contributed by atoms with Gasteiger partial charge in [-0.2, -0.15) is 0 Å². The fraction of sp³-hybridized carbons (Fsp3) is 1.00. The normalized spacial score (nSPS) is 15.7. The Morgan fingerprint density at radius 1 is 1.44 bits per heavy atom. The summed E-state index contributed by atoms with van der Waals surface area (Å²) in [6, 6.07) is 0.141. The van der Waals surface area contributed by atoms with Crippen LogP contribution in [0.2, 0.25) is 0 Å². The number of nitrogens with two attached hydrogens (primary N) is 1. The topological polar surface area (TPSA) is 35.2 Å². The SMILES string of the molecule is COC[C@H](N)C(C)(C)C. The first-order valence-electron chi connectivity index (χ1n) is 3.23. The molecular formula is C7H17NO. The van der Waals surface area contributed by atoms with Gasteiger partial charge in [0.1, 0.15) is 0 Å². The summed E-state index contributed by atoms with van der Waals surface area (Å²) in [6.07, 6.45) is 0. The minimum atomic E-state index is 0.141. The third-order valence-electron chi connectivity index (χ3n) is 1.46. The fourth-order valence-electron chi connectivity index (χ4n) is 0.430. The van der Waals surface area contributed by atoms with Gasteiger partial charge in [0, 0.05) is 13.2 Å². The van der Waals surface area contributed by atoms with E-state index in [1.165, 1.54) is 0 Å². The lowest BCUT2D eigenvalue weighted by molar-refractivity contribution is 0.135. The van der Waals surface area contributed by atoms with Crippen LogP contribution in [0.4, 0.5) is 0 Å². The number of hydrogen-bond donors (Lipinski definition) is 1. The summed E-state index contributed by atoms with van der Waals surface area (Å²) in [4.78, 5) is 0. The zero-order valence-electron chi connectivity index (χ0n) is 6.77. The zero-order valence-corrected chi connectivity index (χ0v) is 6.77. The van der Waals surface area contributed by atoms with Crippen LogP contribution in [0.3, 0.4) is 0 Å². The molecule has 0 amide bonds. The Hall–Kier alpha value is -0.0800. The van der Waals surface area contributed by atoms with Crippen molar-refractivity contribution in [1.29, 1.82) is 0 Å². The molecule has 1 atom stereocenters. The molecule has 56 valence electrons. The van der Waals surface area contributed by atoms with E-state index < -0.39 is 0 Å². The maximum Gasteiger partial charge on any atom is 0.0618 e. The molecule has 0 bridgehead atoms. The largest absolute Gasteiger partial charge is 0.383 e. The maximum atomic E-state index is 5.74. The van der Waals surface area contributed by atoms with Crippen LogP contribution in [0.25, 0.3) is 0 Å². The predicted octanol–water partition coefficient (Wildman–Crippen LogP) is 1.01. The highest BCUT2D eigenvalue weighted by Crippen LogP contribution is 2.16. The second-order valence-corrected chi connectivity index (χ2v) is 3.43. The van der Waals surface area contributed by atoms with E-state index in [1.807, 2.05) is 0 Å². The molecular weight excluding hydrogens is 114 g/mol. The van der Waals surface area contributed by atoms with Gasteiger partial charge in [-0.1, -0.05) is 20.8 Å². The molecule has 0 spiro atoms. The molecule has 0 aliphatic rings. The van der Waals surface area contributed by atoms with Gasteiger partial charge in [0.25, 0.3) is 0 Å². The van der Waals surface area contributed by atoms with Crippen molar-refractivity contribution in [2.45, 2.75) is 26.8 Å². The quantitative estimate of drug-likeness (QED) is 0.607. The van der Waals surface area contributed by atoms with E-state index in [4.69, 9.17) is 10.5 Å². The fourth-order valence-corrected chi connectivity index (χ4v) is 0.430. The second-order valence-electron chi connectivity index (χ2n) is 3.43. The van der Waals surface area contributed by atoms with Crippen molar-refractivity contribution in [3.8, 4) is 0 Å². The molecule has 0 saturated heterocycles. The van der Waals surface area contributed by atoms with E-state index >= 15 is 0 Å². The second kappa shape index (κ2) is 3.18. The first-order valence-corrected chi connectivity index (χ1v) is 3.23. The molecule has 2 nitrogen and oxygen atoms in total. The molecule has 0 rings (SSSR count). The van der Waals surface area contributed by atoms with Gasteiger partial charge in [0.15, 0.2) is 0 Å². The summed E-state index contributed by atoms with van der Waals surface area (Å²) in [5.74, 6) is 0. The van der Waals surface area contributed by atoms with Crippen LogP contribution in [0.15, 0.2) is 0 Å². The van der Waals surface area contributed by atoms with Gasteiger partial charge in [-0.3, -0.25) is 0 Å². The van der Waals surface area contributed by atoms with E-state index in [0.29, 0.717) is 6.61 Å². The molecule has 0 radical (unpaired) electrons. The van der Waals surface area contributed by atoms with Crippen LogP contribution in [0, 0.1) is 5.41 Å². The Balaban J connectivity index is 3.59.